The van der Waals surface area contributed by atoms with Crippen molar-refractivity contribution in [2.75, 3.05) is 19.7 Å². The quantitative estimate of drug-likeness (QED) is 0.618. The summed E-state index contributed by atoms with van der Waals surface area (Å²) in [5, 5.41) is 5.31. The number of carbonyl (C=O) groups excluding carboxylic acids is 1. The Morgan fingerprint density at radius 3 is 2.80 bits per heavy atom. The van der Waals surface area contributed by atoms with Crippen molar-refractivity contribution in [1.82, 2.24) is 19.7 Å². The van der Waals surface area contributed by atoms with E-state index < -0.39 is 0 Å². The number of hydrogen-bond acceptors (Lipinski definition) is 5. The van der Waals surface area contributed by atoms with E-state index in [4.69, 9.17) is 14.1 Å². The zero-order chi connectivity index (χ0) is 21.4. The summed E-state index contributed by atoms with van der Waals surface area (Å²) < 4.78 is 13.4. The lowest BCUT2D eigenvalue weighted by Crippen LogP contribution is -2.43. The molecule has 1 atom stereocenters. The van der Waals surface area contributed by atoms with Gasteiger partial charge in [0.25, 0.3) is 5.91 Å². The van der Waals surface area contributed by atoms with Gasteiger partial charge in [0.15, 0.2) is 5.65 Å². The van der Waals surface area contributed by atoms with E-state index in [0.29, 0.717) is 18.7 Å². The van der Waals surface area contributed by atoms with Crippen molar-refractivity contribution in [3.8, 4) is 11.3 Å². The molecule has 0 aliphatic carbocycles. The van der Waals surface area contributed by atoms with E-state index in [0.717, 1.165) is 53.2 Å². The molecule has 0 bridgehead atoms. The summed E-state index contributed by atoms with van der Waals surface area (Å²) >= 11 is 0. The first-order valence-corrected chi connectivity index (χ1v) is 10.8. The van der Waals surface area contributed by atoms with E-state index in [1.165, 1.54) is 0 Å². The topological polar surface area (TPSA) is 73.4 Å². The van der Waals surface area contributed by atoms with Gasteiger partial charge in [-0.2, -0.15) is 5.10 Å². The van der Waals surface area contributed by atoms with Crippen LogP contribution in [0.2, 0.25) is 0 Å². The third-order valence-corrected chi connectivity index (χ3v) is 5.67. The van der Waals surface area contributed by atoms with Crippen molar-refractivity contribution >= 4 is 16.9 Å². The third-order valence-electron chi connectivity index (χ3n) is 5.67. The number of carbonyl (C=O) groups is 1. The number of aryl methyl sites for hydroxylation is 2. The van der Waals surface area contributed by atoms with Gasteiger partial charge >= 0.3 is 0 Å². The zero-order valence-corrected chi connectivity index (χ0v) is 18.4. The summed E-state index contributed by atoms with van der Waals surface area (Å²) in [6.07, 6.45) is 3.80. The molecule has 7 heteroatoms. The number of aromatic nitrogens is 3. The van der Waals surface area contributed by atoms with E-state index in [2.05, 4.69) is 18.9 Å². The molecule has 1 aliphatic rings. The second kappa shape index (κ2) is 8.22. The lowest BCUT2D eigenvalue weighted by Gasteiger charge is -2.32. The van der Waals surface area contributed by atoms with Crippen molar-refractivity contribution in [2.24, 2.45) is 0 Å². The minimum Gasteiger partial charge on any atom is -0.466 e. The van der Waals surface area contributed by atoms with Crippen molar-refractivity contribution in [2.45, 2.75) is 59.6 Å². The molecule has 0 radical (unpaired) electrons. The van der Waals surface area contributed by atoms with Gasteiger partial charge in [0.1, 0.15) is 11.5 Å². The molecule has 1 aliphatic heterocycles. The lowest BCUT2D eigenvalue weighted by molar-refractivity contribution is 0.00731. The summed E-state index contributed by atoms with van der Waals surface area (Å²) in [5.41, 5.74) is 3.01. The smallest absolute Gasteiger partial charge is 0.254 e. The van der Waals surface area contributed by atoms with Crippen LogP contribution >= 0.6 is 0 Å². The number of nitrogens with zero attached hydrogens (tertiary/aromatic N) is 4. The molecule has 7 nitrogen and oxygen atoms in total. The zero-order valence-electron chi connectivity index (χ0n) is 18.4. The minimum atomic E-state index is 0.00855. The van der Waals surface area contributed by atoms with Gasteiger partial charge in [-0.3, -0.25) is 4.79 Å². The molecular formula is C23H30N4O3. The fourth-order valence-corrected chi connectivity index (χ4v) is 4.26. The van der Waals surface area contributed by atoms with Crippen LogP contribution in [-0.4, -0.2) is 51.4 Å². The molecule has 1 amide bonds. The lowest BCUT2D eigenvalue weighted by atomic mass is 10.0. The van der Waals surface area contributed by atoms with Crippen LogP contribution in [0.4, 0.5) is 0 Å². The molecule has 0 saturated carbocycles. The van der Waals surface area contributed by atoms with Crippen molar-refractivity contribution in [3.63, 3.8) is 0 Å². The molecule has 4 heterocycles. The molecule has 3 aromatic rings. The number of amides is 1. The van der Waals surface area contributed by atoms with Gasteiger partial charge in [-0.15, -0.1) is 0 Å². The van der Waals surface area contributed by atoms with Gasteiger partial charge in [-0.25, -0.2) is 9.67 Å². The molecule has 0 aromatic carbocycles. The molecule has 1 saturated heterocycles. The monoisotopic (exact) mass is 410 g/mol. The number of fused-ring (bicyclic) bond motifs is 1. The third kappa shape index (κ3) is 3.74. The summed E-state index contributed by atoms with van der Waals surface area (Å²) in [6, 6.07) is 4.00. The predicted octanol–water partition coefficient (Wildman–Crippen LogP) is 4.53. The first-order valence-electron chi connectivity index (χ1n) is 10.8. The molecular weight excluding hydrogens is 380 g/mol. The van der Waals surface area contributed by atoms with Crippen molar-refractivity contribution < 1.29 is 13.9 Å². The molecule has 1 fully saturated rings. The van der Waals surface area contributed by atoms with Crippen LogP contribution < -0.4 is 0 Å². The Balaban J connectivity index is 1.82. The van der Waals surface area contributed by atoms with E-state index in [1.54, 1.807) is 6.20 Å². The van der Waals surface area contributed by atoms with Gasteiger partial charge in [-0.1, -0.05) is 0 Å². The summed E-state index contributed by atoms with van der Waals surface area (Å²) in [5.74, 6) is 1.63. The molecule has 1 unspecified atom stereocenters. The van der Waals surface area contributed by atoms with Gasteiger partial charge < -0.3 is 14.1 Å². The second-order valence-electron chi connectivity index (χ2n) is 8.27. The van der Waals surface area contributed by atoms with E-state index in [9.17, 15) is 4.79 Å². The fourth-order valence-electron chi connectivity index (χ4n) is 4.26. The van der Waals surface area contributed by atoms with Gasteiger partial charge in [0, 0.05) is 31.3 Å². The minimum absolute atomic E-state index is 0.00855. The SMILES string of the molecule is CCOC1CCCN(C(=O)c2cc(-c3cc(C)oc3C)nc3c2cnn3C(C)C)C1. The van der Waals surface area contributed by atoms with E-state index in [1.807, 2.05) is 42.5 Å². The Bertz CT molecular complexity index is 1060. The highest BCUT2D eigenvalue weighted by molar-refractivity contribution is 6.06. The Kier molecular flexibility index (Phi) is 5.64. The summed E-state index contributed by atoms with van der Waals surface area (Å²) in [6.45, 7) is 12.0. The van der Waals surface area contributed by atoms with Crippen LogP contribution in [0.15, 0.2) is 22.7 Å². The number of hydrogen-bond donors (Lipinski definition) is 0. The highest BCUT2D eigenvalue weighted by atomic mass is 16.5. The maximum absolute atomic E-state index is 13.6. The number of rotatable bonds is 5. The second-order valence-corrected chi connectivity index (χ2v) is 8.27. The molecule has 4 rings (SSSR count). The standard InChI is InChI=1S/C23H30N4O3/c1-6-29-17-8-7-9-26(13-17)23(28)19-11-21(18-10-15(4)30-16(18)5)25-22-20(19)12-24-27(22)14(2)3/h10-12,14,17H,6-9,13H2,1-5H3. The summed E-state index contributed by atoms with van der Waals surface area (Å²) in [4.78, 5) is 20.4. The normalized spacial score (nSPS) is 17.3. The van der Waals surface area contributed by atoms with E-state index >= 15 is 0 Å². The van der Waals surface area contributed by atoms with Crippen molar-refractivity contribution in [3.05, 3.63) is 35.4 Å². The number of ether oxygens (including phenoxy) is 1. The predicted molar refractivity (Wildman–Crippen MR) is 116 cm³/mol. The largest absolute Gasteiger partial charge is 0.466 e. The Labute approximate surface area is 177 Å². The van der Waals surface area contributed by atoms with Crippen LogP contribution in [0.5, 0.6) is 0 Å². The number of piperidine rings is 1. The number of furan rings is 1. The van der Waals surface area contributed by atoms with Crippen LogP contribution in [0.3, 0.4) is 0 Å². The number of pyridine rings is 1. The first-order chi connectivity index (χ1) is 14.4. The Morgan fingerprint density at radius 1 is 1.33 bits per heavy atom. The molecule has 160 valence electrons. The molecule has 30 heavy (non-hydrogen) atoms. The fraction of sp³-hybridized carbons (Fsp3) is 0.522. The molecule has 0 spiro atoms. The van der Waals surface area contributed by atoms with Crippen LogP contribution in [-0.2, 0) is 4.74 Å². The van der Waals surface area contributed by atoms with Gasteiger partial charge in [0.05, 0.1) is 28.9 Å². The Morgan fingerprint density at radius 2 is 2.13 bits per heavy atom. The van der Waals surface area contributed by atoms with Gasteiger partial charge in [-0.05, 0) is 59.6 Å². The first kappa shape index (κ1) is 20.6. The number of likely N-dealkylation sites (tertiary alicyclic amines) is 1. The maximum Gasteiger partial charge on any atom is 0.254 e. The Hall–Kier alpha value is -2.67. The van der Waals surface area contributed by atoms with E-state index in [-0.39, 0.29) is 18.1 Å². The molecule has 3 aromatic heterocycles. The van der Waals surface area contributed by atoms with Crippen molar-refractivity contribution in [1.29, 1.82) is 0 Å². The maximum atomic E-state index is 13.6. The average molecular weight is 411 g/mol. The van der Waals surface area contributed by atoms with Gasteiger partial charge in [0.2, 0.25) is 0 Å². The average Bonchev–Trinajstić information content (AvgIpc) is 3.29. The highest BCUT2D eigenvalue weighted by Gasteiger charge is 2.28. The highest BCUT2D eigenvalue weighted by Crippen LogP contribution is 2.31. The molecule has 0 N–H and O–H groups in total. The summed E-state index contributed by atoms with van der Waals surface area (Å²) in [7, 11) is 0. The van der Waals surface area contributed by atoms with Crippen LogP contribution in [0, 0.1) is 13.8 Å². The van der Waals surface area contributed by atoms with Crippen LogP contribution in [0.1, 0.15) is 61.5 Å². The van der Waals surface area contributed by atoms with Crippen LogP contribution in [0.25, 0.3) is 22.3 Å².